The van der Waals surface area contributed by atoms with Crippen LogP contribution in [0.2, 0.25) is 5.02 Å². The Bertz CT molecular complexity index is 1060. The molecule has 0 unspecified atom stereocenters. The van der Waals surface area contributed by atoms with Crippen LogP contribution >= 0.6 is 27.5 Å². The number of hydrogen-bond acceptors (Lipinski definition) is 6. The first-order chi connectivity index (χ1) is 13.3. The van der Waals surface area contributed by atoms with Crippen LogP contribution in [0, 0.1) is 29.8 Å². The number of nitrogens with one attached hydrogen (secondary N) is 1. The highest BCUT2D eigenvalue weighted by molar-refractivity contribution is 9.10. The van der Waals surface area contributed by atoms with Crippen molar-refractivity contribution in [2.45, 2.75) is 13.8 Å². The summed E-state index contributed by atoms with van der Waals surface area (Å²) in [6, 6.07) is 7.53. The second kappa shape index (κ2) is 8.07. The van der Waals surface area contributed by atoms with Crippen LogP contribution in [0.15, 0.2) is 41.1 Å². The van der Waals surface area contributed by atoms with E-state index >= 15 is 0 Å². The van der Waals surface area contributed by atoms with E-state index < -0.39 is 16.4 Å². The van der Waals surface area contributed by atoms with E-state index in [-0.39, 0.29) is 17.4 Å². The van der Waals surface area contributed by atoms with Gasteiger partial charge < -0.3 is 10.1 Å². The Morgan fingerprint density at radius 1 is 1.21 bits per heavy atom. The molecule has 0 aliphatic heterocycles. The fourth-order valence-electron chi connectivity index (χ4n) is 2.49. The average Bonchev–Trinajstić information content (AvgIpc) is 2.62. The van der Waals surface area contributed by atoms with Crippen LogP contribution < -0.4 is 10.1 Å². The number of hydrogen-bond donors (Lipinski definition) is 1. The van der Waals surface area contributed by atoms with Crippen molar-refractivity contribution in [3.63, 3.8) is 0 Å². The summed E-state index contributed by atoms with van der Waals surface area (Å²) in [4.78, 5) is 18.7. The number of halogens is 3. The van der Waals surface area contributed by atoms with Gasteiger partial charge in [-0.15, -0.1) is 0 Å². The molecule has 0 fully saturated rings. The van der Waals surface area contributed by atoms with Crippen molar-refractivity contribution in [2.75, 3.05) is 5.32 Å². The number of aryl methyl sites for hydroxylation is 2. The van der Waals surface area contributed by atoms with Gasteiger partial charge in [-0.25, -0.2) is 9.37 Å². The highest BCUT2D eigenvalue weighted by atomic mass is 79.9. The SMILES string of the molecule is Cc1cc(Oc2ncnc(Nc3ccc(Br)cc3F)c2[N+](=O)[O-])cc(C)c1Cl. The molecule has 0 amide bonds. The molecule has 0 saturated carbocycles. The second-order valence-electron chi connectivity index (χ2n) is 5.86. The maximum Gasteiger partial charge on any atom is 0.373 e. The number of aromatic nitrogens is 2. The largest absolute Gasteiger partial charge is 0.434 e. The summed E-state index contributed by atoms with van der Waals surface area (Å²) in [5.74, 6) is -0.740. The number of nitrogens with zero attached hydrogens (tertiary/aromatic N) is 3. The molecule has 0 spiro atoms. The van der Waals surface area contributed by atoms with Gasteiger partial charge in [0.2, 0.25) is 5.82 Å². The molecule has 0 saturated heterocycles. The summed E-state index contributed by atoms with van der Waals surface area (Å²) in [6.07, 6.45) is 1.09. The lowest BCUT2D eigenvalue weighted by molar-refractivity contribution is -0.385. The van der Waals surface area contributed by atoms with Crippen molar-refractivity contribution in [1.29, 1.82) is 0 Å². The fraction of sp³-hybridized carbons (Fsp3) is 0.111. The number of ether oxygens (including phenoxy) is 1. The van der Waals surface area contributed by atoms with E-state index in [0.717, 1.165) is 17.5 Å². The summed E-state index contributed by atoms with van der Waals surface area (Å²) in [5.41, 5.74) is 1.01. The van der Waals surface area contributed by atoms with Crippen LogP contribution in [-0.2, 0) is 0 Å². The third kappa shape index (κ3) is 4.20. The highest BCUT2D eigenvalue weighted by Gasteiger charge is 2.26. The molecule has 3 rings (SSSR count). The second-order valence-corrected chi connectivity index (χ2v) is 7.15. The van der Waals surface area contributed by atoms with Crippen molar-refractivity contribution in [2.24, 2.45) is 0 Å². The Kier molecular flexibility index (Phi) is 5.76. The molecule has 7 nitrogen and oxygen atoms in total. The Balaban J connectivity index is 2.01. The lowest BCUT2D eigenvalue weighted by Crippen LogP contribution is -2.04. The van der Waals surface area contributed by atoms with Crippen molar-refractivity contribution < 1.29 is 14.1 Å². The van der Waals surface area contributed by atoms with E-state index in [9.17, 15) is 14.5 Å². The molecule has 0 aliphatic rings. The number of anilines is 2. The van der Waals surface area contributed by atoms with Crippen molar-refractivity contribution in [3.05, 3.63) is 73.2 Å². The molecule has 0 bridgehead atoms. The molecule has 10 heteroatoms. The zero-order valence-corrected chi connectivity index (χ0v) is 17.0. The Hall–Kier alpha value is -2.78. The standard InChI is InChI=1S/C18H13BrClFN4O3/c1-9-5-12(6-10(2)15(9)20)28-18-16(25(26)27)17(22-8-23-18)24-14-4-3-11(19)7-13(14)21/h3-8H,1-2H3,(H,22,23,24). The maximum absolute atomic E-state index is 14.1. The minimum atomic E-state index is -0.690. The van der Waals surface area contributed by atoms with Gasteiger partial charge in [0.25, 0.3) is 0 Å². The lowest BCUT2D eigenvalue weighted by Gasteiger charge is -2.11. The van der Waals surface area contributed by atoms with Gasteiger partial charge in [0, 0.05) is 9.50 Å². The van der Waals surface area contributed by atoms with Crippen LogP contribution in [0.4, 0.5) is 21.6 Å². The van der Waals surface area contributed by atoms with E-state index in [4.69, 9.17) is 16.3 Å². The van der Waals surface area contributed by atoms with Crippen LogP contribution in [0.3, 0.4) is 0 Å². The van der Waals surface area contributed by atoms with E-state index in [1.54, 1.807) is 32.0 Å². The minimum Gasteiger partial charge on any atom is -0.434 e. The summed E-state index contributed by atoms with van der Waals surface area (Å²) in [6.45, 7) is 3.58. The quantitative estimate of drug-likeness (QED) is 0.360. The van der Waals surface area contributed by atoms with Crippen LogP contribution in [-0.4, -0.2) is 14.9 Å². The van der Waals surface area contributed by atoms with Gasteiger partial charge in [0.05, 0.1) is 10.6 Å². The normalized spacial score (nSPS) is 10.6. The van der Waals surface area contributed by atoms with Crippen molar-refractivity contribution in [1.82, 2.24) is 9.97 Å². The first-order valence-corrected chi connectivity index (χ1v) is 9.09. The number of benzene rings is 2. The Morgan fingerprint density at radius 2 is 1.89 bits per heavy atom. The average molecular weight is 468 g/mol. The van der Waals surface area contributed by atoms with Gasteiger partial charge in [-0.2, -0.15) is 4.98 Å². The molecule has 0 atom stereocenters. The van der Waals surface area contributed by atoms with E-state index in [1.807, 2.05) is 0 Å². The van der Waals surface area contributed by atoms with Crippen LogP contribution in [0.5, 0.6) is 11.6 Å². The molecule has 2 aromatic carbocycles. The summed E-state index contributed by atoms with van der Waals surface area (Å²) in [7, 11) is 0. The zero-order valence-electron chi connectivity index (χ0n) is 14.7. The summed E-state index contributed by atoms with van der Waals surface area (Å²) >= 11 is 9.29. The Labute approximate surface area is 172 Å². The predicted octanol–water partition coefficient (Wildman–Crippen LogP) is 6.09. The number of nitro groups is 1. The zero-order chi connectivity index (χ0) is 20.4. The predicted molar refractivity (Wildman–Crippen MR) is 107 cm³/mol. The first-order valence-electron chi connectivity index (χ1n) is 7.92. The third-order valence-corrected chi connectivity index (χ3v) is 4.87. The molecule has 1 aromatic heterocycles. The minimum absolute atomic E-state index is 0.0223. The van der Waals surface area contributed by atoms with Crippen molar-refractivity contribution in [3.8, 4) is 11.6 Å². The molecule has 0 aliphatic carbocycles. The van der Waals surface area contributed by atoms with Crippen LogP contribution in [0.1, 0.15) is 11.1 Å². The number of rotatable bonds is 5. The smallest absolute Gasteiger partial charge is 0.373 e. The van der Waals surface area contributed by atoms with Crippen molar-refractivity contribution >= 4 is 44.7 Å². The third-order valence-electron chi connectivity index (χ3n) is 3.78. The maximum atomic E-state index is 14.1. The fourth-order valence-corrected chi connectivity index (χ4v) is 2.93. The van der Waals surface area contributed by atoms with Gasteiger partial charge in [-0.3, -0.25) is 10.1 Å². The molecule has 1 heterocycles. The van der Waals surface area contributed by atoms with E-state index in [1.165, 1.54) is 12.1 Å². The van der Waals surface area contributed by atoms with E-state index in [0.29, 0.717) is 15.2 Å². The molecule has 144 valence electrons. The van der Waals surface area contributed by atoms with E-state index in [2.05, 4.69) is 31.2 Å². The van der Waals surface area contributed by atoms with Gasteiger partial charge >= 0.3 is 11.6 Å². The molecule has 3 aromatic rings. The monoisotopic (exact) mass is 466 g/mol. The Morgan fingerprint density at radius 3 is 2.50 bits per heavy atom. The van der Waals surface area contributed by atoms with Gasteiger partial charge in [-0.1, -0.05) is 27.5 Å². The molecule has 0 radical (unpaired) electrons. The topological polar surface area (TPSA) is 90.2 Å². The molecular weight excluding hydrogens is 455 g/mol. The summed E-state index contributed by atoms with van der Waals surface area (Å²) < 4.78 is 20.2. The van der Waals surface area contributed by atoms with Gasteiger partial charge in [0.1, 0.15) is 17.9 Å². The van der Waals surface area contributed by atoms with Gasteiger partial charge in [-0.05, 0) is 55.3 Å². The highest BCUT2D eigenvalue weighted by Crippen LogP contribution is 2.37. The molecule has 28 heavy (non-hydrogen) atoms. The molecular formula is C18H13BrClFN4O3. The van der Waals surface area contributed by atoms with Crippen LogP contribution in [0.25, 0.3) is 0 Å². The lowest BCUT2D eigenvalue weighted by atomic mass is 10.1. The molecule has 1 N–H and O–H groups in total. The van der Waals surface area contributed by atoms with Gasteiger partial charge in [0.15, 0.2) is 0 Å². The first kappa shape index (κ1) is 20.0. The summed E-state index contributed by atoms with van der Waals surface area (Å²) in [5, 5.41) is 14.8.